The number of nitrogens with zero attached hydrogens (tertiary/aromatic N) is 2. The zero-order valence-corrected chi connectivity index (χ0v) is 13.5. The summed E-state index contributed by atoms with van der Waals surface area (Å²) in [5.41, 5.74) is 0.147. The lowest BCUT2D eigenvalue weighted by Crippen LogP contribution is -2.05. The number of alkyl halides is 3. The van der Waals surface area contributed by atoms with E-state index in [9.17, 15) is 17.4 Å². The van der Waals surface area contributed by atoms with Crippen LogP contribution in [0.15, 0.2) is 41.4 Å². The second-order valence-corrected chi connectivity index (χ2v) is 6.76. The quantitative estimate of drug-likeness (QED) is 0.766. The first kappa shape index (κ1) is 16.6. The number of pyridine rings is 1. The van der Waals surface area contributed by atoms with Crippen LogP contribution in [0.1, 0.15) is 18.9 Å². The number of hydrogen-bond donors (Lipinski definition) is 1. The van der Waals surface area contributed by atoms with Crippen LogP contribution in [0.2, 0.25) is 0 Å². The smallest absolute Gasteiger partial charge is 0.337 e. The molecule has 0 fully saturated rings. The number of hydrogen-bond acceptors (Lipinski definition) is 3. The highest BCUT2D eigenvalue weighted by atomic mass is 32.2. The predicted molar refractivity (Wildman–Crippen MR) is 85.9 cm³/mol. The monoisotopic (exact) mass is 353 g/mol. The van der Waals surface area contributed by atoms with Gasteiger partial charge in [0.1, 0.15) is 5.82 Å². The molecule has 1 N–H and O–H groups in total. The molecule has 2 aromatic heterocycles. The lowest BCUT2D eigenvalue weighted by atomic mass is 10.2. The van der Waals surface area contributed by atoms with Gasteiger partial charge in [0, 0.05) is 22.4 Å². The maximum atomic E-state index is 12.8. The van der Waals surface area contributed by atoms with Crippen molar-refractivity contribution in [2.45, 2.75) is 24.4 Å². The Morgan fingerprint density at radius 1 is 1.25 bits per heavy atom. The van der Waals surface area contributed by atoms with Crippen LogP contribution in [0.25, 0.3) is 22.6 Å². The molecule has 24 heavy (non-hydrogen) atoms. The minimum atomic E-state index is -4.47. The normalized spacial score (nSPS) is 13.3. The Balaban J connectivity index is 2.09. The molecular formula is C16H14F3N3OS. The van der Waals surface area contributed by atoms with Crippen LogP contribution >= 0.6 is 0 Å². The molecule has 126 valence electrons. The van der Waals surface area contributed by atoms with Crippen LogP contribution < -0.4 is 0 Å². The molecule has 4 nitrogen and oxygen atoms in total. The number of aromatic nitrogens is 3. The summed E-state index contributed by atoms with van der Waals surface area (Å²) in [6.07, 6.45) is -2.95. The largest absolute Gasteiger partial charge is 0.417 e. The highest BCUT2D eigenvalue weighted by Gasteiger charge is 2.31. The maximum absolute atomic E-state index is 12.8. The van der Waals surface area contributed by atoms with Crippen LogP contribution in [-0.4, -0.2) is 24.9 Å². The van der Waals surface area contributed by atoms with Crippen LogP contribution in [0.5, 0.6) is 0 Å². The molecule has 0 aliphatic heterocycles. The molecule has 0 aliphatic rings. The van der Waals surface area contributed by atoms with Gasteiger partial charge in [0.25, 0.3) is 0 Å². The topological polar surface area (TPSA) is 58.6 Å². The van der Waals surface area contributed by atoms with E-state index in [1.54, 1.807) is 24.3 Å². The zero-order chi connectivity index (χ0) is 17.3. The van der Waals surface area contributed by atoms with E-state index in [2.05, 4.69) is 15.0 Å². The third kappa shape index (κ3) is 3.19. The van der Waals surface area contributed by atoms with E-state index in [1.165, 1.54) is 0 Å². The van der Waals surface area contributed by atoms with Crippen LogP contribution in [0.4, 0.5) is 13.2 Å². The molecule has 0 saturated heterocycles. The van der Waals surface area contributed by atoms with Crippen molar-refractivity contribution in [1.29, 1.82) is 0 Å². The second-order valence-electron chi connectivity index (χ2n) is 5.22. The van der Waals surface area contributed by atoms with Gasteiger partial charge in [0.05, 0.1) is 21.9 Å². The third-order valence-electron chi connectivity index (χ3n) is 3.44. The molecule has 0 amide bonds. The Morgan fingerprint density at radius 3 is 2.71 bits per heavy atom. The third-order valence-corrected chi connectivity index (χ3v) is 5.07. The van der Waals surface area contributed by atoms with Gasteiger partial charge in [-0.25, -0.2) is 9.97 Å². The first-order valence-electron chi connectivity index (χ1n) is 7.31. The fourth-order valence-corrected chi connectivity index (χ4v) is 3.57. The number of halogens is 3. The van der Waals surface area contributed by atoms with Crippen LogP contribution in [0.3, 0.4) is 0 Å². The van der Waals surface area contributed by atoms with Crippen LogP contribution in [-0.2, 0) is 17.0 Å². The molecule has 8 heteroatoms. The molecule has 0 aliphatic carbocycles. The summed E-state index contributed by atoms with van der Waals surface area (Å²) in [7, 11) is -1.20. The number of fused-ring (bicyclic) bond motifs is 1. The molecule has 1 atom stereocenters. The summed E-state index contributed by atoms with van der Waals surface area (Å²) in [6.45, 7) is 1.93. The summed E-state index contributed by atoms with van der Waals surface area (Å²) in [4.78, 5) is 11.5. The number of nitrogens with one attached hydrogen (secondary N) is 1. The molecule has 0 saturated carbocycles. The highest BCUT2D eigenvalue weighted by molar-refractivity contribution is 7.85. The fraction of sp³-hybridized carbons (Fsp3) is 0.250. The minimum Gasteiger partial charge on any atom is -0.337 e. The predicted octanol–water partition coefficient (Wildman–Crippen LogP) is 4.16. The van der Waals surface area contributed by atoms with E-state index in [1.807, 2.05) is 6.92 Å². The first-order valence-corrected chi connectivity index (χ1v) is 8.62. The summed E-state index contributed by atoms with van der Waals surface area (Å²) in [6, 6.07) is 8.00. The molecular weight excluding hydrogens is 339 g/mol. The molecule has 1 unspecified atom stereocenters. The number of benzene rings is 1. The Bertz CT molecular complexity index is 905. The second kappa shape index (κ2) is 6.35. The average Bonchev–Trinajstić information content (AvgIpc) is 2.97. The average molecular weight is 353 g/mol. The highest BCUT2D eigenvalue weighted by Crippen LogP contribution is 2.31. The molecule has 0 radical (unpaired) electrons. The molecule has 0 spiro atoms. The Kier molecular flexibility index (Phi) is 4.40. The van der Waals surface area contributed by atoms with Crippen molar-refractivity contribution in [2.24, 2.45) is 0 Å². The lowest BCUT2D eigenvalue weighted by molar-refractivity contribution is -0.137. The van der Waals surface area contributed by atoms with Gasteiger partial charge in [-0.2, -0.15) is 13.2 Å². The van der Waals surface area contributed by atoms with Gasteiger partial charge < -0.3 is 4.98 Å². The lowest BCUT2D eigenvalue weighted by Gasteiger charge is -2.06. The standard InChI is InChI=1S/C16H14F3N3OS/c1-2-7-24(23)13-6-4-3-5-11(13)14-21-12-8-10(16(17,18)19)9-20-15(12)22-14/h3-6,8-9H,2,7H2,1H3,(H,20,21,22). The number of aromatic amines is 1. The van der Waals surface area contributed by atoms with E-state index in [0.29, 0.717) is 22.0 Å². The van der Waals surface area contributed by atoms with Gasteiger partial charge in [-0.3, -0.25) is 4.21 Å². The van der Waals surface area contributed by atoms with E-state index in [4.69, 9.17) is 0 Å². The van der Waals surface area contributed by atoms with Crippen molar-refractivity contribution in [3.63, 3.8) is 0 Å². The zero-order valence-electron chi connectivity index (χ0n) is 12.7. The SMILES string of the molecule is CCCS(=O)c1ccccc1-c1nc2ncc(C(F)(F)F)cc2[nH]1. The van der Waals surface area contributed by atoms with Crippen molar-refractivity contribution in [1.82, 2.24) is 15.0 Å². The van der Waals surface area contributed by atoms with Crippen molar-refractivity contribution >= 4 is 22.0 Å². The van der Waals surface area contributed by atoms with Crippen molar-refractivity contribution in [3.05, 3.63) is 42.1 Å². The summed E-state index contributed by atoms with van der Waals surface area (Å²) < 4.78 is 50.7. The number of H-pyrrole nitrogens is 1. The van der Waals surface area contributed by atoms with Crippen LogP contribution in [0, 0.1) is 0 Å². The van der Waals surface area contributed by atoms with Gasteiger partial charge >= 0.3 is 6.18 Å². The first-order chi connectivity index (χ1) is 11.4. The van der Waals surface area contributed by atoms with Gasteiger partial charge in [0.15, 0.2) is 5.65 Å². The summed E-state index contributed by atoms with van der Waals surface area (Å²) in [5, 5.41) is 0. The number of imidazole rings is 1. The van der Waals surface area contributed by atoms with Crippen molar-refractivity contribution in [2.75, 3.05) is 5.75 Å². The summed E-state index contributed by atoms with van der Waals surface area (Å²) >= 11 is 0. The maximum Gasteiger partial charge on any atom is 0.417 e. The van der Waals surface area contributed by atoms with E-state index in [0.717, 1.165) is 18.7 Å². The van der Waals surface area contributed by atoms with Gasteiger partial charge in [0.2, 0.25) is 0 Å². The Morgan fingerprint density at radius 2 is 2.00 bits per heavy atom. The molecule has 0 bridgehead atoms. The summed E-state index contributed by atoms with van der Waals surface area (Å²) in [5.74, 6) is 0.866. The van der Waals surface area contributed by atoms with Crippen molar-refractivity contribution < 1.29 is 17.4 Å². The molecule has 2 heterocycles. The van der Waals surface area contributed by atoms with E-state index >= 15 is 0 Å². The Hall–Kier alpha value is -2.22. The Labute approximate surface area is 138 Å². The minimum absolute atomic E-state index is 0.189. The van der Waals surface area contributed by atoms with E-state index < -0.39 is 22.5 Å². The van der Waals surface area contributed by atoms with Gasteiger partial charge in [-0.15, -0.1) is 0 Å². The van der Waals surface area contributed by atoms with Crippen molar-refractivity contribution in [3.8, 4) is 11.4 Å². The fourth-order valence-electron chi connectivity index (χ4n) is 2.34. The molecule has 3 rings (SSSR count). The molecule has 3 aromatic rings. The van der Waals surface area contributed by atoms with E-state index in [-0.39, 0.29) is 11.2 Å². The molecule has 1 aromatic carbocycles. The van der Waals surface area contributed by atoms with Gasteiger partial charge in [-0.05, 0) is 18.6 Å². The number of rotatable bonds is 4. The van der Waals surface area contributed by atoms with Gasteiger partial charge in [-0.1, -0.05) is 25.1 Å².